The van der Waals surface area contributed by atoms with Gasteiger partial charge in [0.2, 0.25) is 0 Å². The average molecular weight is 528 g/mol. The lowest BCUT2D eigenvalue weighted by Gasteiger charge is -2.34. The van der Waals surface area contributed by atoms with Crippen LogP contribution in [0.5, 0.6) is 5.75 Å². The van der Waals surface area contributed by atoms with Gasteiger partial charge in [0.1, 0.15) is 23.2 Å². The Bertz CT molecular complexity index is 1410. The molecular weight excluding hydrogens is 502 g/mol. The van der Waals surface area contributed by atoms with Gasteiger partial charge in [-0.2, -0.15) is 13.9 Å². The molecule has 4 heterocycles. The lowest BCUT2D eigenvalue weighted by molar-refractivity contribution is 0.0566. The number of hydrogen-bond acceptors (Lipinski definition) is 7. The van der Waals surface area contributed by atoms with Crippen molar-refractivity contribution in [2.75, 3.05) is 37.1 Å². The van der Waals surface area contributed by atoms with Crippen molar-refractivity contribution in [1.29, 1.82) is 0 Å². The van der Waals surface area contributed by atoms with E-state index in [2.05, 4.69) is 25.4 Å². The first kappa shape index (κ1) is 25.4. The Balaban J connectivity index is 1.50. The normalized spacial score (nSPS) is 15.6. The number of methoxy groups -OCH3 is 1. The van der Waals surface area contributed by atoms with Gasteiger partial charge in [0.05, 0.1) is 25.5 Å². The van der Waals surface area contributed by atoms with Crippen LogP contribution in [0.2, 0.25) is 0 Å². The molecule has 0 amide bonds. The summed E-state index contributed by atoms with van der Waals surface area (Å²) in [6, 6.07) is 7.83. The largest absolute Gasteiger partial charge is 0.496 e. The van der Waals surface area contributed by atoms with E-state index in [0.29, 0.717) is 52.0 Å². The number of halogens is 4. The fourth-order valence-electron chi connectivity index (χ4n) is 4.56. The molecule has 1 fully saturated rings. The lowest BCUT2D eigenvalue weighted by atomic mass is 9.97. The van der Waals surface area contributed by atoms with Crippen molar-refractivity contribution in [3.63, 3.8) is 0 Å². The predicted molar refractivity (Wildman–Crippen MR) is 135 cm³/mol. The lowest BCUT2D eigenvalue weighted by Crippen LogP contribution is -2.36. The molecule has 4 aromatic rings. The van der Waals surface area contributed by atoms with E-state index in [4.69, 9.17) is 4.74 Å². The van der Waals surface area contributed by atoms with Gasteiger partial charge < -0.3 is 15.0 Å². The summed E-state index contributed by atoms with van der Waals surface area (Å²) in [6.45, 7) is -2.04. The molecule has 0 spiro atoms. The Morgan fingerprint density at radius 3 is 2.79 bits per heavy atom. The van der Waals surface area contributed by atoms with Crippen molar-refractivity contribution in [1.82, 2.24) is 24.7 Å². The second kappa shape index (κ2) is 11.0. The van der Waals surface area contributed by atoms with E-state index in [1.54, 1.807) is 24.4 Å². The van der Waals surface area contributed by atoms with Crippen LogP contribution in [0.1, 0.15) is 19.4 Å². The Morgan fingerprint density at radius 2 is 2.03 bits per heavy atom. The van der Waals surface area contributed by atoms with Crippen molar-refractivity contribution in [2.45, 2.75) is 19.4 Å². The molecule has 12 heteroatoms. The summed E-state index contributed by atoms with van der Waals surface area (Å²) in [5.41, 5.74) is 1.91. The standard InChI is InChI=1S/C26H25F4N7O/c1-38-21-6-2-5-19(28)24(21)25-31-8-7-22(35-25)34-23-10-20(36-9-3-4-16(11-27)14-36)18(13-32-23)17-12-33-37(15-17)26(29)30/h2,5-8,10,12-13,15-16,26H,3-4,9,11,14H2,1H3,(H,31,32,34,35)/t16-/m1/s1. The summed E-state index contributed by atoms with van der Waals surface area (Å²) < 4.78 is 60.3. The molecule has 0 aliphatic carbocycles. The summed E-state index contributed by atoms with van der Waals surface area (Å²) in [5, 5.41) is 6.86. The molecule has 1 aliphatic rings. The number of aromatic nitrogens is 5. The fraction of sp³-hybridized carbons (Fsp3) is 0.308. The molecule has 198 valence electrons. The number of pyridine rings is 1. The van der Waals surface area contributed by atoms with Gasteiger partial charge in [-0.25, -0.2) is 24.0 Å². The van der Waals surface area contributed by atoms with Crippen molar-refractivity contribution >= 4 is 17.3 Å². The third-order valence-corrected chi connectivity index (χ3v) is 6.40. The van der Waals surface area contributed by atoms with Gasteiger partial charge >= 0.3 is 6.55 Å². The van der Waals surface area contributed by atoms with Gasteiger partial charge in [-0.15, -0.1) is 0 Å². The summed E-state index contributed by atoms with van der Waals surface area (Å²) in [4.78, 5) is 15.1. The maximum Gasteiger partial charge on any atom is 0.333 e. The van der Waals surface area contributed by atoms with E-state index >= 15 is 0 Å². The molecular formula is C26H25F4N7O. The molecule has 1 aliphatic heterocycles. The SMILES string of the molecule is COc1cccc(F)c1-c1nccc(Nc2cc(N3CCC[C@H](CF)C3)c(-c3cnn(C(F)F)c3)cn2)n1. The first-order valence-corrected chi connectivity index (χ1v) is 12.0. The molecule has 3 aromatic heterocycles. The zero-order valence-corrected chi connectivity index (χ0v) is 20.5. The van der Waals surface area contributed by atoms with Crippen LogP contribution < -0.4 is 15.0 Å². The van der Waals surface area contributed by atoms with Gasteiger partial charge in [0.25, 0.3) is 0 Å². The first-order valence-electron chi connectivity index (χ1n) is 12.0. The highest BCUT2D eigenvalue weighted by atomic mass is 19.3. The molecule has 1 atom stereocenters. The van der Waals surface area contributed by atoms with Crippen LogP contribution in [0.15, 0.2) is 55.1 Å². The third kappa shape index (κ3) is 5.24. The average Bonchev–Trinajstić information content (AvgIpc) is 3.44. The Labute approximate surface area is 216 Å². The summed E-state index contributed by atoms with van der Waals surface area (Å²) in [7, 11) is 1.44. The zero-order valence-electron chi connectivity index (χ0n) is 20.5. The molecule has 8 nitrogen and oxygen atoms in total. The topological polar surface area (TPSA) is 81.0 Å². The van der Waals surface area contributed by atoms with Crippen LogP contribution >= 0.6 is 0 Å². The minimum atomic E-state index is -2.77. The number of nitrogens with one attached hydrogen (secondary N) is 1. The molecule has 38 heavy (non-hydrogen) atoms. The molecule has 0 radical (unpaired) electrons. The van der Waals surface area contributed by atoms with Gasteiger partial charge in [-0.1, -0.05) is 6.07 Å². The minimum Gasteiger partial charge on any atom is -0.496 e. The van der Waals surface area contributed by atoms with E-state index in [1.165, 1.54) is 37.8 Å². The molecule has 5 rings (SSSR count). The van der Waals surface area contributed by atoms with Crippen molar-refractivity contribution in [2.24, 2.45) is 5.92 Å². The highest BCUT2D eigenvalue weighted by molar-refractivity contribution is 5.80. The number of ether oxygens (including phenoxy) is 1. The highest BCUT2D eigenvalue weighted by Crippen LogP contribution is 2.36. The number of benzene rings is 1. The van der Waals surface area contributed by atoms with Gasteiger partial charge in [-0.05, 0) is 31.0 Å². The fourth-order valence-corrected chi connectivity index (χ4v) is 4.56. The number of hydrogen-bond donors (Lipinski definition) is 1. The molecule has 0 bridgehead atoms. The summed E-state index contributed by atoms with van der Waals surface area (Å²) in [6.07, 6.45) is 7.25. The van der Waals surface area contributed by atoms with Gasteiger partial charge in [-0.3, -0.25) is 4.39 Å². The van der Waals surface area contributed by atoms with E-state index in [-0.39, 0.29) is 17.3 Å². The Kier molecular flexibility index (Phi) is 7.38. The van der Waals surface area contributed by atoms with E-state index in [0.717, 1.165) is 12.8 Å². The predicted octanol–water partition coefficient (Wildman–Crippen LogP) is 5.87. The van der Waals surface area contributed by atoms with E-state index in [1.807, 2.05) is 4.90 Å². The van der Waals surface area contributed by atoms with Crippen molar-refractivity contribution < 1.29 is 22.3 Å². The molecule has 0 unspecified atom stereocenters. The van der Waals surface area contributed by atoms with E-state index < -0.39 is 19.0 Å². The number of piperidine rings is 1. The number of anilines is 3. The molecule has 1 saturated heterocycles. The van der Waals surface area contributed by atoms with Gasteiger partial charge in [0.15, 0.2) is 5.82 Å². The molecule has 1 aromatic carbocycles. The van der Waals surface area contributed by atoms with Crippen LogP contribution in [0, 0.1) is 11.7 Å². The monoisotopic (exact) mass is 527 g/mol. The smallest absolute Gasteiger partial charge is 0.333 e. The quantitative estimate of drug-likeness (QED) is 0.287. The van der Waals surface area contributed by atoms with Crippen LogP contribution in [-0.4, -0.2) is 51.6 Å². The van der Waals surface area contributed by atoms with Crippen LogP contribution in [0.25, 0.3) is 22.5 Å². The molecule has 1 N–H and O–H groups in total. The number of alkyl halides is 3. The summed E-state index contributed by atoms with van der Waals surface area (Å²) in [5.74, 6) is 0.551. The Morgan fingerprint density at radius 1 is 1.16 bits per heavy atom. The second-order valence-corrected chi connectivity index (χ2v) is 8.89. The van der Waals surface area contributed by atoms with Crippen molar-refractivity contribution in [3.8, 4) is 28.3 Å². The van der Waals surface area contributed by atoms with Crippen LogP contribution in [0.4, 0.5) is 34.9 Å². The zero-order chi connectivity index (χ0) is 26.6. The second-order valence-electron chi connectivity index (χ2n) is 8.89. The molecule has 0 saturated carbocycles. The number of rotatable bonds is 8. The first-order chi connectivity index (χ1) is 18.5. The van der Waals surface area contributed by atoms with Gasteiger partial charge in [0, 0.05) is 60.5 Å². The van der Waals surface area contributed by atoms with E-state index in [9.17, 15) is 17.6 Å². The summed E-state index contributed by atoms with van der Waals surface area (Å²) >= 11 is 0. The van der Waals surface area contributed by atoms with Crippen LogP contribution in [-0.2, 0) is 0 Å². The number of nitrogens with zero attached hydrogens (tertiary/aromatic N) is 6. The maximum absolute atomic E-state index is 14.6. The Hall–Kier alpha value is -4.22. The highest BCUT2D eigenvalue weighted by Gasteiger charge is 2.24. The third-order valence-electron chi connectivity index (χ3n) is 6.40. The van der Waals surface area contributed by atoms with Crippen molar-refractivity contribution in [3.05, 3.63) is 60.9 Å². The van der Waals surface area contributed by atoms with Crippen LogP contribution in [0.3, 0.4) is 0 Å². The minimum absolute atomic E-state index is 0.120. The maximum atomic E-state index is 14.6.